The molecule has 0 atom stereocenters. The van der Waals surface area contributed by atoms with Gasteiger partial charge in [-0.1, -0.05) is 13.3 Å². The van der Waals surface area contributed by atoms with Crippen LogP contribution in [0, 0.1) is 0 Å². The summed E-state index contributed by atoms with van der Waals surface area (Å²) < 4.78 is 0.878. The maximum Gasteiger partial charge on any atom is 0.146 e. The van der Waals surface area contributed by atoms with Crippen molar-refractivity contribution in [1.29, 1.82) is 0 Å². The molecule has 1 aliphatic heterocycles. The number of rotatable bonds is 3. The zero-order valence-electron chi connectivity index (χ0n) is 8.65. The number of hydrogen-bond acceptors (Lipinski definition) is 4. The summed E-state index contributed by atoms with van der Waals surface area (Å²) in [5, 5.41) is 10.0. The molecule has 15 heavy (non-hydrogen) atoms. The summed E-state index contributed by atoms with van der Waals surface area (Å²) in [6.07, 6.45) is 5.11. The molecule has 0 amide bonds. The number of hydrogen-bond donors (Lipinski definition) is 1. The highest BCUT2D eigenvalue weighted by Crippen LogP contribution is 2.32. The highest BCUT2D eigenvalue weighted by atomic mass is 79.9. The molecule has 0 unspecified atom stereocenters. The van der Waals surface area contributed by atoms with E-state index in [2.05, 4.69) is 37.7 Å². The molecule has 0 radical (unpaired) electrons. The van der Waals surface area contributed by atoms with Gasteiger partial charge in [0.05, 0.1) is 23.2 Å². The molecule has 0 aliphatic carbocycles. The Morgan fingerprint density at radius 2 is 2.33 bits per heavy atom. The van der Waals surface area contributed by atoms with Crippen molar-refractivity contribution in [3.8, 4) is 0 Å². The molecule has 0 spiro atoms. The summed E-state index contributed by atoms with van der Waals surface area (Å²) in [4.78, 5) is 10.2. The van der Waals surface area contributed by atoms with Crippen LogP contribution in [0.4, 0.5) is 5.82 Å². The molecule has 2 heterocycles. The summed E-state index contributed by atoms with van der Waals surface area (Å²) in [5.74, 6) is 0.866. The van der Waals surface area contributed by atoms with Crippen LogP contribution >= 0.6 is 15.9 Å². The highest BCUT2D eigenvalue weighted by molar-refractivity contribution is 9.10. The zero-order chi connectivity index (χ0) is 10.9. The van der Waals surface area contributed by atoms with Gasteiger partial charge in [0.2, 0.25) is 0 Å². The second-order valence-electron chi connectivity index (χ2n) is 4.02. The van der Waals surface area contributed by atoms with E-state index in [1.165, 1.54) is 6.33 Å². The van der Waals surface area contributed by atoms with Crippen LogP contribution in [0.3, 0.4) is 0 Å². The molecule has 4 nitrogen and oxygen atoms in total. The third kappa shape index (κ3) is 2.13. The average molecular weight is 272 g/mol. The van der Waals surface area contributed by atoms with Crippen LogP contribution < -0.4 is 4.90 Å². The lowest BCUT2D eigenvalue weighted by Gasteiger charge is -2.47. The van der Waals surface area contributed by atoms with Crippen molar-refractivity contribution in [2.75, 3.05) is 18.0 Å². The maximum absolute atomic E-state index is 10.0. The van der Waals surface area contributed by atoms with Gasteiger partial charge in [0.25, 0.3) is 0 Å². The van der Waals surface area contributed by atoms with Crippen molar-refractivity contribution in [3.63, 3.8) is 0 Å². The molecule has 1 aromatic rings. The first-order chi connectivity index (χ1) is 7.14. The second kappa shape index (κ2) is 4.06. The standard InChI is InChI=1S/C10H14BrN3O/c1-2-3-10(15)5-14(6-10)9-8(11)4-12-7-13-9/h4,7,15H,2-3,5-6H2,1H3. The van der Waals surface area contributed by atoms with Crippen LogP contribution in [0.15, 0.2) is 17.0 Å². The normalized spacial score (nSPS) is 18.7. The zero-order valence-corrected chi connectivity index (χ0v) is 10.2. The molecule has 0 bridgehead atoms. The summed E-state index contributed by atoms with van der Waals surface area (Å²) >= 11 is 3.40. The topological polar surface area (TPSA) is 49.2 Å². The Balaban J connectivity index is 2.03. The molecular formula is C10H14BrN3O. The fraction of sp³-hybridized carbons (Fsp3) is 0.600. The number of β-amino-alcohol motifs (C(OH)–C–C–N with tert-alkyl or cyclic N) is 1. The monoisotopic (exact) mass is 271 g/mol. The van der Waals surface area contributed by atoms with Gasteiger partial charge in [0.1, 0.15) is 12.1 Å². The number of aliphatic hydroxyl groups is 1. The van der Waals surface area contributed by atoms with E-state index in [4.69, 9.17) is 0 Å². The molecule has 0 saturated carbocycles. The summed E-state index contributed by atoms with van der Waals surface area (Å²) in [5.41, 5.74) is -0.515. The Labute approximate surface area is 97.5 Å². The summed E-state index contributed by atoms with van der Waals surface area (Å²) in [6.45, 7) is 3.41. The molecule has 82 valence electrons. The Morgan fingerprint density at radius 1 is 1.60 bits per heavy atom. The second-order valence-corrected chi connectivity index (χ2v) is 4.88. The van der Waals surface area contributed by atoms with E-state index in [0.717, 1.165) is 23.1 Å². The van der Waals surface area contributed by atoms with Crippen LogP contribution in [0.5, 0.6) is 0 Å². The lowest BCUT2D eigenvalue weighted by molar-refractivity contribution is 0.00285. The van der Waals surface area contributed by atoms with Crippen LogP contribution in [0.25, 0.3) is 0 Å². The van der Waals surface area contributed by atoms with E-state index in [1.807, 2.05) is 0 Å². The number of halogens is 1. The fourth-order valence-electron chi connectivity index (χ4n) is 1.98. The molecule has 5 heteroatoms. The number of anilines is 1. The van der Waals surface area contributed by atoms with Crippen molar-refractivity contribution in [2.24, 2.45) is 0 Å². The van der Waals surface area contributed by atoms with Crippen molar-refractivity contribution < 1.29 is 5.11 Å². The third-order valence-electron chi connectivity index (χ3n) is 2.63. The fourth-order valence-corrected chi connectivity index (χ4v) is 2.45. The minimum absolute atomic E-state index is 0.515. The largest absolute Gasteiger partial charge is 0.386 e. The van der Waals surface area contributed by atoms with Gasteiger partial charge in [-0.15, -0.1) is 0 Å². The van der Waals surface area contributed by atoms with Crippen LogP contribution in [0.1, 0.15) is 19.8 Å². The Bertz CT molecular complexity index is 352. The predicted molar refractivity (Wildman–Crippen MR) is 61.8 cm³/mol. The first-order valence-electron chi connectivity index (χ1n) is 5.07. The minimum Gasteiger partial charge on any atom is -0.386 e. The summed E-state index contributed by atoms with van der Waals surface area (Å²) in [7, 11) is 0. The van der Waals surface area contributed by atoms with Crippen molar-refractivity contribution in [1.82, 2.24) is 9.97 Å². The smallest absolute Gasteiger partial charge is 0.146 e. The van der Waals surface area contributed by atoms with Crippen molar-refractivity contribution in [3.05, 3.63) is 17.0 Å². The van der Waals surface area contributed by atoms with E-state index in [1.54, 1.807) is 6.20 Å². The first-order valence-corrected chi connectivity index (χ1v) is 5.87. The minimum atomic E-state index is -0.515. The third-order valence-corrected chi connectivity index (χ3v) is 3.19. The summed E-state index contributed by atoms with van der Waals surface area (Å²) in [6, 6.07) is 0. The number of aromatic nitrogens is 2. The van der Waals surface area contributed by atoms with Crippen molar-refractivity contribution in [2.45, 2.75) is 25.4 Å². The van der Waals surface area contributed by atoms with Crippen LogP contribution in [-0.4, -0.2) is 33.8 Å². The SMILES string of the molecule is CCCC1(O)CN(c2ncncc2Br)C1. The van der Waals surface area contributed by atoms with Gasteiger partial charge in [-0.3, -0.25) is 0 Å². The van der Waals surface area contributed by atoms with Gasteiger partial charge in [-0.05, 0) is 22.4 Å². The van der Waals surface area contributed by atoms with E-state index in [9.17, 15) is 5.11 Å². The quantitative estimate of drug-likeness (QED) is 0.907. The number of nitrogens with zero attached hydrogens (tertiary/aromatic N) is 3. The van der Waals surface area contributed by atoms with Crippen molar-refractivity contribution >= 4 is 21.7 Å². The molecular weight excluding hydrogens is 258 g/mol. The van der Waals surface area contributed by atoms with Gasteiger partial charge >= 0.3 is 0 Å². The molecule has 0 aromatic carbocycles. The lowest BCUT2D eigenvalue weighted by Crippen LogP contribution is -2.62. The van der Waals surface area contributed by atoms with E-state index in [-0.39, 0.29) is 0 Å². The maximum atomic E-state index is 10.0. The van der Waals surface area contributed by atoms with E-state index in [0.29, 0.717) is 13.1 Å². The Morgan fingerprint density at radius 3 is 2.93 bits per heavy atom. The molecule has 1 aliphatic rings. The molecule has 1 saturated heterocycles. The van der Waals surface area contributed by atoms with Crippen LogP contribution in [0.2, 0.25) is 0 Å². The average Bonchev–Trinajstić information content (AvgIpc) is 2.15. The van der Waals surface area contributed by atoms with Gasteiger partial charge in [-0.2, -0.15) is 0 Å². The Hall–Kier alpha value is -0.680. The molecule has 1 aromatic heterocycles. The first kappa shape index (κ1) is 10.8. The molecule has 1 fully saturated rings. The van der Waals surface area contributed by atoms with Gasteiger partial charge in [0.15, 0.2) is 0 Å². The lowest BCUT2D eigenvalue weighted by atomic mass is 9.89. The van der Waals surface area contributed by atoms with Crippen LogP contribution in [-0.2, 0) is 0 Å². The van der Waals surface area contributed by atoms with E-state index < -0.39 is 5.60 Å². The van der Waals surface area contributed by atoms with E-state index >= 15 is 0 Å². The Kier molecular flexibility index (Phi) is 2.93. The van der Waals surface area contributed by atoms with Gasteiger partial charge < -0.3 is 10.0 Å². The highest BCUT2D eigenvalue weighted by Gasteiger charge is 2.41. The molecule has 2 rings (SSSR count). The molecule has 1 N–H and O–H groups in total. The predicted octanol–water partition coefficient (Wildman–Crippen LogP) is 1.59. The van der Waals surface area contributed by atoms with Gasteiger partial charge in [-0.25, -0.2) is 9.97 Å². The van der Waals surface area contributed by atoms with Gasteiger partial charge in [0, 0.05) is 6.20 Å².